The highest BCUT2D eigenvalue weighted by molar-refractivity contribution is 6.32. The van der Waals surface area contributed by atoms with E-state index >= 15 is 0 Å². The minimum Gasteiger partial charge on any atom is -0.365 e. The fourth-order valence-electron chi connectivity index (χ4n) is 2.34. The molecule has 0 radical (unpaired) electrons. The minimum absolute atomic E-state index is 0.119. The fourth-order valence-corrected chi connectivity index (χ4v) is 2.50. The van der Waals surface area contributed by atoms with E-state index in [9.17, 15) is 4.79 Å². The van der Waals surface area contributed by atoms with Crippen molar-refractivity contribution in [3.8, 4) is 0 Å². The van der Waals surface area contributed by atoms with Crippen molar-refractivity contribution in [1.82, 2.24) is 9.97 Å². The van der Waals surface area contributed by atoms with Crippen LogP contribution in [0.1, 0.15) is 11.1 Å². The van der Waals surface area contributed by atoms with Gasteiger partial charge in [0.05, 0.1) is 6.33 Å². The molecule has 1 aromatic carbocycles. The number of hydrogen-bond donors (Lipinski definition) is 2. The van der Waals surface area contributed by atoms with E-state index in [1.54, 1.807) is 0 Å². The molecule has 0 spiro atoms. The Kier molecular flexibility index (Phi) is 2.80. The number of hydrogen-bond acceptors (Lipinski definition) is 3. The summed E-state index contributed by atoms with van der Waals surface area (Å²) < 4.78 is 0. The first-order valence-corrected chi connectivity index (χ1v) is 6.18. The van der Waals surface area contributed by atoms with Crippen LogP contribution in [0.3, 0.4) is 0 Å². The molecule has 1 heterocycles. The Balaban J connectivity index is 1.80. The highest BCUT2D eigenvalue weighted by atomic mass is 35.5. The maximum Gasteiger partial charge on any atom is 0.271 e. The maximum atomic E-state index is 11.4. The van der Waals surface area contributed by atoms with Crippen molar-refractivity contribution in [2.45, 2.75) is 18.9 Å². The molecular weight excluding hydrogens is 250 g/mol. The van der Waals surface area contributed by atoms with Crippen molar-refractivity contribution < 1.29 is 0 Å². The van der Waals surface area contributed by atoms with Crippen molar-refractivity contribution in [3.05, 3.63) is 57.1 Å². The van der Waals surface area contributed by atoms with E-state index in [0.717, 1.165) is 12.8 Å². The zero-order valence-corrected chi connectivity index (χ0v) is 10.4. The third-order valence-corrected chi connectivity index (χ3v) is 3.54. The zero-order valence-electron chi connectivity index (χ0n) is 9.61. The zero-order chi connectivity index (χ0) is 12.5. The standard InChI is InChI=1S/C13H12ClN3O/c14-11-12(15-7-16-13(11)18)17-10-5-8-3-1-2-4-9(8)6-10/h1-4,7,10H,5-6H2,(H2,15,16,17,18). The van der Waals surface area contributed by atoms with Crippen LogP contribution in [0.4, 0.5) is 5.82 Å². The van der Waals surface area contributed by atoms with E-state index in [1.165, 1.54) is 17.5 Å². The monoisotopic (exact) mass is 261 g/mol. The van der Waals surface area contributed by atoms with E-state index in [0.29, 0.717) is 5.82 Å². The molecule has 1 aromatic heterocycles. The summed E-state index contributed by atoms with van der Waals surface area (Å²) in [6.45, 7) is 0. The second-order valence-electron chi connectivity index (χ2n) is 4.41. The third-order valence-electron chi connectivity index (χ3n) is 3.19. The molecule has 5 heteroatoms. The number of fused-ring (bicyclic) bond motifs is 1. The molecule has 18 heavy (non-hydrogen) atoms. The maximum absolute atomic E-state index is 11.4. The highest BCUT2D eigenvalue weighted by Gasteiger charge is 2.22. The van der Waals surface area contributed by atoms with Crippen molar-refractivity contribution in [2.24, 2.45) is 0 Å². The van der Waals surface area contributed by atoms with Gasteiger partial charge in [-0.1, -0.05) is 35.9 Å². The predicted octanol–water partition coefficient (Wildman–Crippen LogP) is 2.00. The summed E-state index contributed by atoms with van der Waals surface area (Å²) in [5, 5.41) is 3.35. The number of nitrogens with zero attached hydrogens (tertiary/aromatic N) is 1. The first-order chi connectivity index (χ1) is 8.74. The molecule has 0 amide bonds. The summed E-state index contributed by atoms with van der Waals surface area (Å²) in [5.74, 6) is 0.457. The summed E-state index contributed by atoms with van der Waals surface area (Å²) >= 11 is 5.91. The van der Waals surface area contributed by atoms with Crippen molar-refractivity contribution in [1.29, 1.82) is 0 Å². The lowest BCUT2D eigenvalue weighted by atomic mass is 10.1. The highest BCUT2D eigenvalue weighted by Crippen LogP contribution is 2.25. The molecule has 92 valence electrons. The van der Waals surface area contributed by atoms with Gasteiger partial charge >= 0.3 is 0 Å². The molecule has 2 N–H and O–H groups in total. The van der Waals surface area contributed by atoms with Crippen LogP contribution in [0.25, 0.3) is 0 Å². The second kappa shape index (κ2) is 4.46. The number of nitrogens with one attached hydrogen (secondary N) is 2. The summed E-state index contributed by atoms with van der Waals surface area (Å²) in [5.41, 5.74) is 2.37. The Bertz CT molecular complexity index is 613. The summed E-state index contributed by atoms with van der Waals surface area (Å²) in [6.07, 6.45) is 3.22. The lowest BCUT2D eigenvalue weighted by Crippen LogP contribution is -2.22. The Morgan fingerprint density at radius 1 is 1.28 bits per heavy atom. The Morgan fingerprint density at radius 3 is 2.61 bits per heavy atom. The Hall–Kier alpha value is -1.81. The fraction of sp³-hybridized carbons (Fsp3) is 0.231. The van der Waals surface area contributed by atoms with Crippen LogP contribution >= 0.6 is 11.6 Å². The van der Waals surface area contributed by atoms with E-state index < -0.39 is 0 Å². The lowest BCUT2D eigenvalue weighted by Gasteiger charge is -2.12. The molecule has 0 aliphatic heterocycles. The summed E-state index contributed by atoms with van der Waals surface area (Å²) in [4.78, 5) is 17.9. The summed E-state index contributed by atoms with van der Waals surface area (Å²) in [7, 11) is 0. The van der Waals surface area contributed by atoms with Crippen molar-refractivity contribution in [3.63, 3.8) is 0 Å². The number of benzene rings is 1. The van der Waals surface area contributed by atoms with Gasteiger partial charge < -0.3 is 10.3 Å². The van der Waals surface area contributed by atoms with Gasteiger partial charge in [-0.05, 0) is 24.0 Å². The first-order valence-electron chi connectivity index (χ1n) is 5.80. The molecule has 0 atom stereocenters. The van der Waals surface area contributed by atoms with Crippen LogP contribution in [-0.4, -0.2) is 16.0 Å². The molecule has 2 aromatic rings. The Morgan fingerprint density at radius 2 is 1.94 bits per heavy atom. The van der Waals surface area contributed by atoms with Gasteiger partial charge in [0.2, 0.25) is 0 Å². The molecule has 0 fully saturated rings. The predicted molar refractivity (Wildman–Crippen MR) is 71.1 cm³/mol. The van der Waals surface area contributed by atoms with Crippen LogP contribution < -0.4 is 10.9 Å². The number of H-pyrrole nitrogens is 1. The third kappa shape index (κ3) is 1.99. The van der Waals surface area contributed by atoms with Gasteiger partial charge in [0.1, 0.15) is 5.02 Å². The first kappa shape index (κ1) is 11.3. The Labute approximate surface area is 109 Å². The number of halogens is 1. The molecule has 0 bridgehead atoms. The van der Waals surface area contributed by atoms with Crippen molar-refractivity contribution in [2.75, 3.05) is 5.32 Å². The van der Waals surface area contributed by atoms with E-state index in [1.807, 2.05) is 12.1 Å². The van der Waals surface area contributed by atoms with Gasteiger partial charge in [0.15, 0.2) is 5.82 Å². The quantitative estimate of drug-likeness (QED) is 0.869. The number of rotatable bonds is 2. The molecule has 0 unspecified atom stereocenters. The second-order valence-corrected chi connectivity index (χ2v) is 4.79. The van der Waals surface area contributed by atoms with Crippen LogP contribution in [-0.2, 0) is 12.8 Å². The average molecular weight is 262 g/mol. The average Bonchev–Trinajstić information content (AvgIpc) is 2.77. The number of aromatic nitrogens is 2. The van der Waals surface area contributed by atoms with E-state index in [2.05, 4.69) is 27.4 Å². The molecule has 1 aliphatic carbocycles. The normalized spacial score (nSPS) is 14.5. The van der Waals surface area contributed by atoms with Gasteiger partial charge in [-0.25, -0.2) is 4.98 Å². The topological polar surface area (TPSA) is 57.8 Å². The number of aromatic amines is 1. The van der Waals surface area contributed by atoms with Crippen LogP contribution in [0.2, 0.25) is 5.02 Å². The van der Waals surface area contributed by atoms with Crippen LogP contribution in [0.5, 0.6) is 0 Å². The van der Waals surface area contributed by atoms with E-state index in [-0.39, 0.29) is 16.6 Å². The molecule has 0 saturated carbocycles. The molecule has 3 rings (SSSR count). The van der Waals surface area contributed by atoms with Crippen LogP contribution in [0.15, 0.2) is 35.4 Å². The minimum atomic E-state index is -0.315. The smallest absolute Gasteiger partial charge is 0.271 e. The van der Waals surface area contributed by atoms with Crippen LogP contribution in [0, 0.1) is 0 Å². The van der Waals surface area contributed by atoms with Gasteiger partial charge in [-0.2, -0.15) is 0 Å². The van der Waals surface area contributed by atoms with Gasteiger partial charge in [0.25, 0.3) is 5.56 Å². The van der Waals surface area contributed by atoms with Gasteiger partial charge in [0, 0.05) is 6.04 Å². The molecule has 4 nitrogen and oxygen atoms in total. The van der Waals surface area contributed by atoms with Gasteiger partial charge in [-0.15, -0.1) is 0 Å². The van der Waals surface area contributed by atoms with Crippen molar-refractivity contribution >= 4 is 17.4 Å². The summed E-state index contributed by atoms with van der Waals surface area (Å²) in [6, 6.07) is 8.58. The molecular formula is C13H12ClN3O. The SMILES string of the molecule is O=c1[nH]cnc(NC2Cc3ccccc3C2)c1Cl. The largest absolute Gasteiger partial charge is 0.365 e. The lowest BCUT2D eigenvalue weighted by molar-refractivity contribution is 0.767. The van der Waals surface area contributed by atoms with E-state index in [4.69, 9.17) is 11.6 Å². The number of anilines is 1. The van der Waals surface area contributed by atoms with Gasteiger partial charge in [-0.3, -0.25) is 4.79 Å². The molecule has 1 aliphatic rings. The molecule has 0 saturated heterocycles.